The number of quaternary nitrogens is 1. The molecule has 0 fully saturated rings. The smallest absolute Gasteiger partial charge is 0.306 e. The number of unbranched alkanes of at least 4 members (excludes halogenated alkanes) is 33. The quantitative estimate of drug-likeness (QED) is 0.0212. The lowest BCUT2D eigenvalue weighted by Crippen LogP contribution is -2.47. The van der Waals surface area contributed by atoms with Crippen molar-refractivity contribution in [3.8, 4) is 0 Å². The number of hydrogen-bond acceptors (Lipinski definition) is 7. The highest BCUT2D eigenvalue weighted by Crippen LogP contribution is 2.38. The van der Waals surface area contributed by atoms with Crippen LogP contribution >= 0.6 is 7.82 Å². The van der Waals surface area contributed by atoms with Crippen molar-refractivity contribution in [2.45, 2.75) is 309 Å². The lowest BCUT2D eigenvalue weighted by molar-refractivity contribution is -0.870. The summed E-state index contributed by atoms with van der Waals surface area (Å²) in [6, 6.07) is -0.920. The largest absolute Gasteiger partial charge is 0.756 e. The fourth-order valence-electron chi connectivity index (χ4n) is 9.29. The van der Waals surface area contributed by atoms with Crippen molar-refractivity contribution in [3.05, 3.63) is 72.9 Å². The van der Waals surface area contributed by atoms with E-state index in [9.17, 15) is 19.0 Å². The van der Waals surface area contributed by atoms with Gasteiger partial charge in [0.05, 0.1) is 33.8 Å². The van der Waals surface area contributed by atoms with Crippen molar-refractivity contribution in [2.24, 2.45) is 0 Å². The standard InChI is InChI=1S/C68H125N2O7P/c1-7-10-13-16-19-22-25-28-29-30-31-32-33-34-35-36-37-38-39-40-41-43-46-49-52-55-58-61-68(72)77-66(59-56-53-50-47-44-27-24-21-18-15-12-9-3)65(64-76-78(73,74)75-63-62-70(4,5)6)69-67(71)60-57-54-51-48-45-42-26-23-20-17-14-11-8-2/h19,22,28-29,31-32,42,45,51,54,56,59,65-66H,7-18,20-21,23-27,30,33-41,43-44,46-50,52-53,55,57-58,60-64H2,1-6H3,(H-,69,71,73,74)/b22-19-,29-28-,32-31-,45-42-,54-51+,59-56-. The molecule has 1 N–H and O–H groups in total. The molecule has 0 saturated carbocycles. The van der Waals surface area contributed by atoms with Crippen molar-refractivity contribution in [3.63, 3.8) is 0 Å². The number of esters is 1. The molecule has 454 valence electrons. The number of amides is 1. The molecule has 78 heavy (non-hydrogen) atoms. The summed E-state index contributed by atoms with van der Waals surface area (Å²) in [4.78, 5) is 39.9. The van der Waals surface area contributed by atoms with Crippen LogP contribution in [0, 0.1) is 0 Å². The van der Waals surface area contributed by atoms with E-state index in [0.717, 1.165) is 64.2 Å². The Labute approximate surface area is 483 Å². The summed E-state index contributed by atoms with van der Waals surface area (Å²) < 4.78 is 30.3. The molecule has 0 aliphatic rings. The molecule has 0 aliphatic heterocycles. The molecule has 0 heterocycles. The number of likely N-dealkylation sites (N-methyl/N-ethyl adjacent to an activating group) is 1. The van der Waals surface area contributed by atoms with Crippen LogP contribution in [-0.2, 0) is 27.9 Å². The summed E-state index contributed by atoms with van der Waals surface area (Å²) in [6.07, 6.45) is 74.7. The van der Waals surface area contributed by atoms with Crippen LogP contribution in [0.4, 0.5) is 0 Å². The van der Waals surface area contributed by atoms with E-state index < -0.39 is 26.6 Å². The Balaban J connectivity index is 5.07. The molecule has 0 saturated heterocycles. The van der Waals surface area contributed by atoms with E-state index in [1.54, 1.807) is 0 Å². The van der Waals surface area contributed by atoms with Gasteiger partial charge in [-0.25, -0.2) is 0 Å². The van der Waals surface area contributed by atoms with E-state index in [-0.39, 0.29) is 31.3 Å². The second-order valence-corrected chi connectivity index (χ2v) is 24.7. The van der Waals surface area contributed by atoms with Gasteiger partial charge in [-0.3, -0.25) is 14.2 Å². The maximum Gasteiger partial charge on any atom is 0.306 e. The number of carbonyl (C=O) groups excluding carboxylic acids is 2. The van der Waals surface area contributed by atoms with Gasteiger partial charge in [-0.05, 0) is 89.5 Å². The number of carbonyl (C=O) groups is 2. The molecule has 0 aromatic carbocycles. The zero-order valence-electron chi connectivity index (χ0n) is 51.9. The first-order valence-corrected chi connectivity index (χ1v) is 34.2. The number of ether oxygens (including phenoxy) is 1. The van der Waals surface area contributed by atoms with Gasteiger partial charge < -0.3 is 28.5 Å². The van der Waals surface area contributed by atoms with Crippen molar-refractivity contribution < 1.29 is 37.3 Å². The Kier molecular flexibility index (Phi) is 55.8. The van der Waals surface area contributed by atoms with Crippen molar-refractivity contribution in [1.82, 2.24) is 5.32 Å². The van der Waals surface area contributed by atoms with Gasteiger partial charge in [-0.1, -0.05) is 267 Å². The third kappa shape index (κ3) is 58.1. The zero-order valence-corrected chi connectivity index (χ0v) is 52.8. The molecule has 0 bridgehead atoms. The normalized spacial score (nSPS) is 14.1. The Hall–Kier alpha value is -2.55. The fraction of sp³-hybridized carbons (Fsp3) is 0.794. The molecule has 3 atom stereocenters. The first-order valence-electron chi connectivity index (χ1n) is 32.7. The summed E-state index contributed by atoms with van der Waals surface area (Å²) in [5, 5.41) is 2.99. The van der Waals surface area contributed by atoms with E-state index in [2.05, 4.69) is 80.8 Å². The lowest BCUT2D eigenvalue weighted by atomic mass is 10.0. The number of allylic oxidation sites excluding steroid dienone is 11. The highest BCUT2D eigenvalue weighted by Gasteiger charge is 2.27. The van der Waals surface area contributed by atoms with Crippen LogP contribution in [-0.4, -0.2) is 69.4 Å². The van der Waals surface area contributed by atoms with Gasteiger partial charge in [0.25, 0.3) is 7.82 Å². The number of phosphoric acid groups is 1. The Bertz CT molecular complexity index is 1570. The maximum absolute atomic E-state index is 13.5. The van der Waals surface area contributed by atoms with Gasteiger partial charge in [0.2, 0.25) is 5.91 Å². The summed E-state index contributed by atoms with van der Waals surface area (Å²) in [5.74, 6) is -0.615. The van der Waals surface area contributed by atoms with Crippen LogP contribution in [0.25, 0.3) is 0 Å². The van der Waals surface area contributed by atoms with Crippen molar-refractivity contribution in [2.75, 3.05) is 40.9 Å². The third-order valence-electron chi connectivity index (χ3n) is 14.4. The molecular formula is C68H125N2O7P. The first-order chi connectivity index (χ1) is 37.9. The summed E-state index contributed by atoms with van der Waals surface area (Å²) in [5.41, 5.74) is 0. The van der Waals surface area contributed by atoms with Gasteiger partial charge in [0.15, 0.2) is 0 Å². The molecular weight excluding hydrogens is 988 g/mol. The molecule has 0 rings (SSSR count). The van der Waals surface area contributed by atoms with Gasteiger partial charge in [0, 0.05) is 12.8 Å². The van der Waals surface area contributed by atoms with E-state index in [4.69, 9.17) is 13.8 Å². The van der Waals surface area contributed by atoms with E-state index >= 15 is 0 Å². The second kappa shape index (κ2) is 57.7. The molecule has 3 unspecified atom stereocenters. The van der Waals surface area contributed by atoms with E-state index in [0.29, 0.717) is 17.4 Å². The second-order valence-electron chi connectivity index (χ2n) is 23.3. The fourth-order valence-corrected chi connectivity index (χ4v) is 10.0. The topological polar surface area (TPSA) is 114 Å². The minimum atomic E-state index is -4.71. The maximum atomic E-state index is 13.5. The minimum Gasteiger partial charge on any atom is -0.756 e. The third-order valence-corrected chi connectivity index (χ3v) is 15.3. The molecule has 0 radical (unpaired) electrons. The predicted octanol–water partition coefficient (Wildman–Crippen LogP) is 19.8. The summed E-state index contributed by atoms with van der Waals surface area (Å²) in [6.45, 7) is 6.77. The molecule has 0 spiro atoms. The number of nitrogens with zero attached hydrogens (tertiary/aromatic N) is 1. The van der Waals surface area contributed by atoms with Gasteiger partial charge in [-0.15, -0.1) is 0 Å². The molecule has 9 nitrogen and oxygen atoms in total. The summed E-state index contributed by atoms with van der Waals surface area (Å²) >= 11 is 0. The number of rotatable bonds is 59. The van der Waals surface area contributed by atoms with Crippen LogP contribution in [0.5, 0.6) is 0 Å². The predicted molar refractivity (Wildman–Crippen MR) is 335 cm³/mol. The van der Waals surface area contributed by atoms with Gasteiger partial charge in [0.1, 0.15) is 19.3 Å². The average molecular weight is 1110 g/mol. The molecule has 0 aromatic rings. The van der Waals surface area contributed by atoms with Crippen LogP contribution in [0.1, 0.15) is 297 Å². The van der Waals surface area contributed by atoms with E-state index in [1.807, 2.05) is 39.4 Å². The number of phosphoric ester groups is 1. The van der Waals surface area contributed by atoms with Gasteiger partial charge >= 0.3 is 5.97 Å². The molecule has 10 heteroatoms. The van der Waals surface area contributed by atoms with E-state index in [1.165, 1.54) is 193 Å². The Morgan fingerprint density at radius 1 is 0.449 bits per heavy atom. The van der Waals surface area contributed by atoms with Crippen LogP contribution in [0.15, 0.2) is 72.9 Å². The zero-order chi connectivity index (χ0) is 57.2. The average Bonchev–Trinajstić information content (AvgIpc) is 3.40. The molecule has 0 aliphatic carbocycles. The Morgan fingerprint density at radius 3 is 1.22 bits per heavy atom. The number of nitrogens with one attached hydrogen (secondary N) is 1. The first kappa shape index (κ1) is 75.5. The van der Waals surface area contributed by atoms with Crippen LogP contribution < -0.4 is 10.2 Å². The number of hydrogen-bond donors (Lipinski definition) is 1. The van der Waals surface area contributed by atoms with Crippen LogP contribution in [0.2, 0.25) is 0 Å². The monoisotopic (exact) mass is 1110 g/mol. The van der Waals surface area contributed by atoms with Gasteiger partial charge in [-0.2, -0.15) is 0 Å². The summed E-state index contributed by atoms with van der Waals surface area (Å²) in [7, 11) is 1.15. The van der Waals surface area contributed by atoms with Crippen LogP contribution in [0.3, 0.4) is 0 Å². The molecule has 1 amide bonds. The highest BCUT2D eigenvalue weighted by atomic mass is 31.2. The Morgan fingerprint density at radius 2 is 0.795 bits per heavy atom. The SMILES string of the molecule is CCCCC/C=C\C/C=C\C/C=C\CCCCCCCCCCCCCCCCC(=O)OC(/C=C\CCCCCCCCCCCC)C(COP(=O)([O-])OCC[N+](C)(C)C)NC(=O)CC/C=C/C/C=C\CCCCCCCC. The van der Waals surface area contributed by atoms with Crippen molar-refractivity contribution >= 4 is 19.7 Å². The highest BCUT2D eigenvalue weighted by molar-refractivity contribution is 7.45. The van der Waals surface area contributed by atoms with Crippen molar-refractivity contribution in [1.29, 1.82) is 0 Å². The lowest BCUT2D eigenvalue weighted by Gasteiger charge is -2.30. The molecule has 0 aromatic heterocycles. The minimum absolute atomic E-state index is 0.0326.